The van der Waals surface area contributed by atoms with E-state index >= 15 is 0 Å². The lowest BCUT2D eigenvalue weighted by Crippen LogP contribution is -2.53. The number of aromatic nitrogens is 2. The topological polar surface area (TPSA) is 112 Å². The van der Waals surface area contributed by atoms with Crippen LogP contribution in [0.1, 0.15) is 5.69 Å². The summed E-state index contributed by atoms with van der Waals surface area (Å²) in [5.74, 6) is -1.23. The Kier molecular flexibility index (Phi) is 2.64. The molecule has 1 rings (SSSR count). The molecule has 0 spiro atoms. The minimum absolute atomic E-state index is 0.0266. The molecule has 1 heterocycles. The standard InChI is InChI=1S/C7H11N3O3/c8-7(3-11,6(12)13)1-5-2-9-4-10-5/h2,4,11H,1,3,8H2,(H,9,10)(H,12,13). The molecule has 6 heteroatoms. The molecule has 0 aliphatic heterocycles. The molecular formula is C7H11N3O3. The van der Waals surface area contributed by atoms with Gasteiger partial charge in [-0.3, -0.25) is 4.79 Å². The number of aliphatic carboxylic acids is 1. The number of hydrogen-bond donors (Lipinski definition) is 4. The summed E-state index contributed by atoms with van der Waals surface area (Å²) in [6.45, 7) is -0.610. The van der Waals surface area contributed by atoms with Crippen LogP contribution in [0.3, 0.4) is 0 Å². The highest BCUT2D eigenvalue weighted by molar-refractivity contribution is 5.79. The number of nitrogens with one attached hydrogen (secondary N) is 1. The number of aliphatic hydroxyl groups is 1. The first kappa shape index (κ1) is 9.69. The van der Waals surface area contributed by atoms with Crippen LogP contribution in [-0.4, -0.2) is 38.3 Å². The molecule has 0 aliphatic rings. The molecule has 0 saturated heterocycles. The maximum Gasteiger partial charge on any atom is 0.326 e. The fourth-order valence-corrected chi connectivity index (χ4v) is 0.920. The molecule has 0 bridgehead atoms. The Morgan fingerprint density at radius 2 is 2.46 bits per heavy atom. The van der Waals surface area contributed by atoms with Gasteiger partial charge >= 0.3 is 5.97 Å². The number of hydrogen-bond acceptors (Lipinski definition) is 4. The third kappa shape index (κ3) is 2.04. The van der Waals surface area contributed by atoms with Crippen LogP contribution in [0.2, 0.25) is 0 Å². The Bertz CT molecular complexity index is 285. The number of carboxylic acid groups (broad SMARTS) is 1. The Labute approximate surface area is 74.4 Å². The predicted molar refractivity (Wildman–Crippen MR) is 43.9 cm³/mol. The number of rotatable bonds is 4. The van der Waals surface area contributed by atoms with Crippen molar-refractivity contribution in [2.75, 3.05) is 6.61 Å². The van der Waals surface area contributed by atoms with Crippen LogP contribution in [0, 0.1) is 0 Å². The molecule has 0 radical (unpaired) electrons. The lowest BCUT2D eigenvalue weighted by molar-refractivity contribution is -0.144. The summed E-state index contributed by atoms with van der Waals surface area (Å²) in [5, 5.41) is 17.5. The van der Waals surface area contributed by atoms with Crippen LogP contribution >= 0.6 is 0 Å². The number of carboxylic acids is 1. The first-order chi connectivity index (χ1) is 6.08. The van der Waals surface area contributed by atoms with E-state index in [1.165, 1.54) is 12.5 Å². The van der Waals surface area contributed by atoms with Gasteiger partial charge in [-0.15, -0.1) is 0 Å². The Morgan fingerprint density at radius 1 is 1.77 bits per heavy atom. The predicted octanol–water partition coefficient (Wildman–Crippen LogP) is -1.27. The zero-order valence-corrected chi connectivity index (χ0v) is 6.90. The van der Waals surface area contributed by atoms with E-state index < -0.39 is 18.1 Å². The highest BCUT2D eigenvalue weighted by atomic mass is 16.4. The van der Waals surface area contributed by atoms with Gasteiger partial charge in [0.25, 0.3) is 0 Å². The summed E-state index contributed by atoms with van der Waals surface area (Å²) < 4.78 is 0. The fraction of sp³-hybridized carbons (Fsp3) is 0.429. The monoisotopic (exact) mass is 185 g/mol. The number of imidazole rings is 1. The summed E-state index contributed by atoms with van der Waals surface area (Å²) in [4.78, 5) is 17.1. The molecule has 1 atom stereocenters. The molecule has 5 N–H and O–H groups in total. The lowest BCUT2D eigenvalue weighted by atomic mass is 9.96. The second-order valence-corrected chi connectivity index (χ2v) is 2.87. The fourth-order valence-electron chi connectivity index (χ4n) is 0.920. The molecule has 1 aromatic rings. The highest BCUT2D eigenvalue weighted by Gasteiger charge is 2.33. The molecule has 0 amide bonds. The second kappa shape index (κ2) is 3.55. The highest BCUT2D eigenvalue weighted by Crippen LogP contribution is 2.08. The second-order valence-electron chi connectivity index (χ2n) is 2.87. The first-order valence-corrected chi connectivity index (χ1v) is 3.69. The van der Waals surface area contributed by atoms with Crippen LogP contribution in [-0.2, 0) is 11.2 Å². The average molecular weight is 185 g/mol. The number of carbonyl (C=O) groups is 1. The van der Waals surface area contributed by atoms with E-state index in [2.05, 4.69) is 9.97 Å². The Morgan fingerprint density at radius 3 is 2.85 bits per heavy atom. The van der Waals surface area contributed by atoms with Gasteiger partial charge in [-0.2, -0.15) is 0 Å². The van der Waals surface area contributed by atoms with Crippen LogP contribution < -0.4 is 5.73 Å². The maximum atomic E-state index is 10.7. The van der Waals surface area contributed by atoms with Crippen LogP contribution in [0.5, 0.6) is 0 Å². The molecule has 72 valence electrons. The molecule has 6 nitrogen and oxygen atoms in total. The van der Waals surface area contributed by atoms with Gasteiger partial charge < -0.3 is 20.9 Å². The number of H-pyrrole nitrogens is 1. The zero-order valence-electron chi connectivity index (χ0n) is 6.90. The summed E-state index contributed by atoms with van der Waals surface area (Å²) in [6.07, 6.45) is 2.92. The van der Waals surface area contributed by atoms with Gasteiger partial charge in [0.15, 0.2) is 0 Å². The summed E-state index contributed by atoms with van der Waals surface area (Å²) >= 11 is 0. The van der Waals surface area contributed by atoms with Crippen LogP contribution in [0.15, 0.2) is 12.5 Å². The van der Waals surface area contributed by atoms with Crippen LogP contribution in [0.4, 0.5) is 0 Å². The SMILES string of the molecule is NC(CO)(Cc1cnc[nH]1)C(=O)O. The van der Waals surface area contributed by atoms with Gasteiger partial charge in [0, 0.05) is 18.3 Å². The van der Waals surface area contributed by atoms with Gasteiger partial charge in [0.2, 0.25) is 0 Å². The van der Waals surface area contributed by atoms with Crippen molar-refractivity contribution >= 4 is 5.97 Å². The zero-order chi connectivity index (χ0) is 9.90. The third-order valence-corrected chi connectivity index (χ3v) is 1.77. The molecule has 1 unspecified atom stereocenters. The van der Waals surface area contributed by atoms with Crippen molar-refractivity contribution in [2.45, 2.75) is 12.0 Å². The first-order valence-electron chi connectivity index (χ1n) is 3.69. The van der Waals surface area contributed by atoms with Gasteiger partial charge in [-0.25, -0.2) is 4.98 Å². The minimum atomic E-state index is -1.63. The number of nitrogens with two attached hydrogens (primary N) is 1. The lowest BCUT2D eigenvalue weighted by Gasteiger charge is -2.20. The largest absolute Gasteiger partial charge is 0.480 e. The van der Waals surface area contributed by atoms with Gasteiger partial charge in [-0.05, 0) is 0 Å². The average Bonchev–Trinajstić information content (AvgIpc) is 2.56. The molecule has 13 heavy (non-hydrogen) atoms. The van der Waals surface area contributed by atoms with E-state index in [9.17, 15) is 4.79 Å². The van der Waals surface area contributed by atoms with E-state index in [1.54, 1.807) is 0 Å². The van der Waals surface area contributed by atoms with Crippen molar-refractivity contribution in [3.8, 4) is 0 Å². The Hall–Kier alpha value is -1.40. The normalized spacial score (nSPS) is 15.2. The van der Waals surface area contributed by atoms with Crippen molar-refractivity contribution in [2.24, 2.45) is 5.73 Å². The van der Waals surface area contributed by atoms with Crippen molar-refractivity contribution in [1.82, 2.24) is 9.97 Å². The van der Waals surface area contributed by atoms with Crippen molar-refractivity contribution in [3.05, 3.63) is 18.2 Å². The van der Waals surface area contributed by atoms with E-state index in [0.29, 0.717) is 5.69 Å². The number of aromatic amines is 1. The summed E-state index contributed by atoms with van der Waals surface area (Å²) in [5.41, 5.74) is 4.38. The van der Waals surface area contributed by atoms with Crippen molar-refractivity contribution in [3.63, 3.8) is 0 Å². The van der Waals surface area contributed by atoms with Gasteiger partial charge in [0.1, 0.15) is 5.54 Å². The maximum absolute atomic E-state index is 10.7. The Balaban J connectivity index is 2.75. The smallest absolute Gasteiger partial charge is 0.326 e. The van der Waals surface area contributed by atoms with Gasteiger partial charge in [-0.1, -0.05) is 0 Å². The number of nitrogens with zero attached hydrogens (tertiary/aromatic N) is 1. The molecule has 0 saturated carbocycles. The quantitative estimate of drug-likeness (QED) is 0.467. The van der Waals surface area contributed by atoms with E-state index in [4.69, 9.17) is 15.9 Å². The minimum Gasteiger partial charge on any atom is -0.480 e. The van der Waals surface area contributed by atoms with Crippen molar-refractivity contribution < 1.29 is 15.0 Å². The molecule has 1 aromatic heterocycles. The van der Waals surface area contributed by atoms with Crippen molar-refractivity contribution in [1.29, 1.82) is 0 Å². The number of aliphatic hydroxyl groups excluding tert-OH is 1. The van der Waals surface area contributed by atoms with Gasteiger partial charge in [0.05, 0.1) is 12.9 Å². The molecule has 0 aliphatic carbocycles. The third-order valence-electron chi connectivity index (χ3n) is 1.77. The van der Waals surface area contributed by atoms with E-state index in [1.807, 2.05) is 0 Å². The van der Waals surface area contributed by atoms with E-state index in [0.717, 1.165) is 0 Å². The molecular weight excluding hydrogens is 174 g/mol. The van der Waals surface area contributed by atoms with E-state index in [-0.39, 0.29) is 6.42 Å². The summed E-state index contributed by atoms with van der Waals surface area (Å²) in [6, 6.07) is 0. The molecule has 0 aromatic carbocycles. The van der Waals surface area contributed by atoms with Crippen LogP contribution in [0.25, 0.3) is 0 Å². The summed E-state index contributed by atoms with van der Waals surface area (Å²) in [7, 11) is 0. The molecule has 0 fully saturated rings.